The molecule has 1 saturated heterocycles. The normalized spacial score (nSPS) is 17.3. The number of carbonyl (C=O) groups is 1. The van der Waals surface area contributed by atoms with Crippen molar-refractivity contribution in [1.29, 1.82) is 0 Å². The van der Waals surface area contributed by atoms with Crippen LogP contribution in [0.15, 0.2) is 29.3 Å². The lowest BCUT2D eigenvalue weighted by atomic mass is 10.1. The molecular formula is C19H24N2O2S. The number of hydrogen-bond donors (Lipinski definition) is 1. The van der Waals surface area contributed by atoms with E-state index in [0.717, 1.165) is 42.5 Å². The Labute approximate surface area is 147 Å². The third kappa shape index (κ3) is 4.48. The third-order valence-electron chi connectivity index (χ3n) is 4.34. The summed E-state index contributed by atoms with van der Waals surface area (Å²) in [4.78, 5) is 16.6. The average Bonchev–Trinajstić information content (AvgIpc) is 3.07. The molecule has 5 heteroatoms. The lowest BCUT2D eigenvalue weighted by molar-refractivity contribution is -0.120. The van der Waals surface area contributed by atoms with Gasteiger partial charge in [-0.3, -0.25) is 4.79 Å². The number of pyridine rings is 1. The number of amides is 1. The van der Waals surface area contributed by atoms with E-state index < -0.39 is 0 Å². The van der Waals surface area contributed by atoms with E-state index in [0.29, 0.717) is 12.3 Å². The van der Waals surface area contributed by atoms with Crippen LogP contribution in [0.4, 0.5) is 0 Å². The fraction of sp³-hybridized carbons (Fsp3) is 0.474. The summed E-state index contributed by atoms with van der Waals surface area (Å²) in [6.07, 6.45) is 1.57. The molecule has 1 fully saturated rings. The van der Waals surface area contributed by atoms with Crippen LogP contribution in [0.25, 0.3) is 10.9 Å². The Kier molecular flexibility index (Phi) is 5.74. The Morgan fingerprint density at radius 3 is 3.04 bits per heavy atom. The minimum Gasteiger partial charge on any atom is -0.381 e. The predicted octanol–water partition coefficient (Wildman–Crippen LogP) is 3.49. The SMILES string of the molecule is Cc1ccc2nc(SCCC(=O)NCC3CCOC3)cc(C)c2c1. The zero-order valence-corrected chi connectivity index (χ0v) is 15.1. The standard InChI is InChI=1S/C19H24N2O2S/c1-13-3-4-17-16(9-13)14(2)10-19(21-17)24-8-6-18(22)20-11-15-5-7-23-12-15/h3-4,9-10,15H,5-8,11-12H2,1-2H3,(H,20,22). The van der Waals surface area contributed by atoms with Crippen LogP contribution in [-0.2, 0) is 9.53 Å². The molecule has 0 spiro atoms. The Morgan fingerprint density at radius 2 is 2.25 bits per heavy atom. The number of aromatic nitrogens is 1. The molecule has 3 rings (SSSR count). The van der Waals surface area contributed by atoms with Gasteiger partial charge in [0.05, 0.1) is 17.1 Å². The van der Waals surface area contributed by atoms with E-state index in [2.05, 4.69) is 43.4 Å². The minimum atomic E-state index is 0.113. The first-order valence-electron chi connectivity index (χ1n) is 8.47. The van der Waals surface area contributed by atoms with Gasteiger partial charge in [-0.2, -0.15) is 0 Å². The molecule has 0 saturated carbocycles. The van der Waals surface area contributed by atoms with Crippen molar-refractivity contribution in [2.24, 2.45) is 5.92 Å². The van der Waals surface area contributed by atoms with Gasteiger partial charge in [0.2, 0.25) is 5.91 Å². The van der Waals surface area contributed by atoms with Gasteiger partial charge in [-0.15, -0.1) is 11.8 Å². The smallest absolute Gasteiger partial charge is 0.220 e. The molecule has 1 amide bonds. The summed E-state index contributed by atoms with van der Waals surface area (Å²) >= 11 is 1.64. The first kappa shape index (κ1) is 17.2. The van der Waals surface area contributed by atoms with Crippen LogP contribution in [0.2, 0.25) is 0 Å². The van der Waals surface area contributed by atoms with Crippen molar-refractivity contribution in [3.63, 3.8) is 0 Å². The summed E-state index contributed by atoms with van der Waals surface area (Å²) in [5.41, 5.74) is 3.50. The maximum Gasteiger partial charge on any atom is 0.220 e. The number of thioether (sulfide) groups is 1. The second kappa shape index (κ2) is 7.99. The number of carbonyl (C=O) groups excluding carboxylic acids is 1. The van der Waals surface area contributed by atoms with Crippen LogP contribution in [-0.4, -0.2) is 36.4 Å². The van der Waals surface area contributed by atoms with E-state index in [9.17, 15) is 4.79 Å². The number of rotatable bonds is 6. The van der Waals surface area contributed by atoms with Crippen LogP contribution in [0, 0.1) is 19.8 Å². The molecule has 0 bridgehead atoms. The third-order valence-corrected chi connectivity index (χ3v) is 5.25. The largest absolute Gasteiger partial charge is 0.381 e. The minimum absolute atomic E-state index is 0.113. The molecule has 0 aliphatic carbocycles. The zero-order valence-electron chi connectivity index (χ0n) is 14.3. The highest BCUT2D eigenvalue weighted by molar-refractivity contribution is 7.99. The van der Waals surface area contributed by atoms with Crippen molar-refractivity contribution in [2.75, 3.05) is 25.5 Å². The quantitative estimate of drug-likeness (QED) is 0.815. The van der Waals surface area contributed by atoms with E-state index in [1.165, 1.54) is 16.5 Å². The van der Waals surface area contributed by atoms with E-state index >= 15 is 0 Å². The summed E-state index contributed by atoms with van der Waals surface area (Å²) in [5, 5.41) is 5.20. The van der Waals surface area contributed by atoms with Crippen LogP contribution >= 0.6 is 11.8 Å². The van der Waals surface area contributed by atoms with E-state index in [-0.39, 0.29) is 5.91 Å². The second-order valence-corrected chi connectivity index (χ2v) is 7.55. The Balaban J connectivity index is 1.50. The molecule has 1 aliphatic rings. The molecule has 24 heavy (non-hydrogen) atoms. The summed E-state index contributed by atoms with van der Waals surface area (Å²) in [7, 11) is 0. The van der Waals surface area contributed by atoms with Crippen molar-refractivity contribution < 1.29 is 9.53 Å². The lowest BCUT2D eigenvalue weighted by Gasteiger charge is -2.10. The van der Waals surface area contributed by atoms with Crippen molar-refractivity contribution >= 4 is 28.6 Å². The first-order chi connectivity index (χ1) is 11.6. The van der Waals surface area contributed by atoms with Gasteiger partial charge in [0.15, 0.2) is 0 Å². The molecule has 1 N–H and O–H groups in total. The highest BCUT2D eigenvalue weighted by atomic mass is 32.2. The van der Waals surface area contributed by atoms with Gasteiger partial charge in [0.25, 0.3) is 0 Å². The molecule has 1 aromatic carbocycles. The molecule has 1 unspecified atom stereocenters. The number of hydrogen-bond acceptors (Lipinski definition) is 4. The summed E-state index contributed by atoms with van der Waals surface area (Å²) in [6.45, 7) is 6.54. The Bertz CT molecular complexity index is 727. The van der Waals surface area contributed by atoms with Gasteiger partial charge >= 0.3 is 0 Å². The molecule has 1 aromatic heterocycles. The van der Waals surface area contributed by atoms with Crippen LogP contribution in [0.3, 0.4) is 0 Å². The molecular weight excluding hydrogens is 320 g/mol. The van der Waals surface area contributed by atoms with Crippen molar-refractivity contribution in [1.82, 2.24) is 10.3 Å². The molecule has 2 heterocycles. The number of benzene rings is 1. The summed E-state index contributed by atoms with van der Waals surface area (Å²) < 4.78 is 5.32. The fourth-order valence-electron chi connectivity index (χ4n) is 2.89. The molecule has 0 radical (unpaired) electrons. The maximum absolute atomic E-state index is 11.9. The van der Waals surface area contributed by atoms with E-state index in [1.807, 2.05) is 0 Å². The number of nitrogens with one attached hydrogen (secondary N) is 1. The number of aryl methyl sites for hydroxylation is 2. The fourth-order valence-corrected chi connectivity index (χ4v) is 3.81. The average molecular weight is 344 g/mol. The topological polar surface area (TPSA) is 51.2 Å². The summed E-state index contributed by atoms with van der Waals surface area (Å²) in [6, 6.07) is 8.44. The van der Waals surface area contributed by atoms with Crippen LogP contribution in [0.1, 0.15) is 24.0 Å². The maximum atomic E-state index is 11.9. The predicted molar refractivity (Wildman–Crippen MR) is 98.5 cm³/mol. The van der Waals surface area contributed by atoms with Gasteiger partial charge in [-0.25, -0.2) is 4.98 Å². The van der Waals surface area contributed by atoms with Gasteiger partial charge < -0.3 is 10.1 Å². The first-order valence-corrected chi connectivity index (χ1v) is 9.45. The van der Waals surface area contributed by atoms with Gasteiger partial charge in [0, 0.05) is 36.6 Å². The van der Waals surface area contributed by atoms with E-state index in [1.54, 1.807) is 11.8 Å². The molecule has 1 atom stereocenters. The van der Waals surface area contributed by atoms with Gasteiger partial charge in [0.1, 0.15) is 0 Å². The molecule has 2 aromatic rings. The highest BCUT2D eigenvalue weighted by Gasteiger charge is 2.16. The zero-order chi connectivity index (χ0) is 16.9. The van der Waals surface area contributed by atoms with Crippen LogP contribution < -0.4 is 5.32 Å². The molecule has 4 nitrogen and oxygen atoms in total. The number of nitrogens with zero attached hydrogens (tertiary/aromatic N) is 1. The van der Waals surface area contributed by atoms with Crippen molar-refractivity contribution in [3.05, 3.63) is 35.4 Å². The molecule has 1 aliphatic heterocycles. The number of fused-ring (bicyclic) bond motifs is 1. The summed E-state index contributed by atoms with van der Waals surface area (Å²) in [5.74, 6) is 1.34. The van der Waals surface area contributed by atoms with E-state index in [4.69, 9.17) is 9.72 Å². The number of ether oxygens (including phenoxy) is 1. The van der Waals surface area contributed by atoms with Crippen molar-refractivity contribution in [2.45, 2.75) is 31.7 Å². The monoisotopic (exact) mass is 344 g/mol. The van der Waals surface area contributed by atoms with Crippen LogP contribution in [0.5, 0.6) is 0 Å². The Morgan fingerprint density at radius 1 is 1.38 bits per heavy atom. The highest BCUT2D eigenvalue weighted by Crippen LogP contribution is 2.24. The molecule has 128 valence electrons. The van der Waals surface area contributed by atoms with Gasteiger partial charge in [-0.05, 0) is 44.0 Å². The van der Waals surface area contributed by atoms with Gasteiger partial charge in [-0.1, -0.05) is 11.6 Å². The Hall–Kier alpha value is -1.59. The second-order valence-electron chi connectivity index (χ2n) is 6.43. The lowest BCUT2D eigenvalue weighted by Crippen LogP contribution is -2.29. The van der Waals surface area contributed by atoms with Crippen molar-refractivity contribution in [3.8, 4) is 0 Å².